The molecule has 0 amide bonds. The molecule has 0 spiro atoms. The molecule has 2 nitrogen and oxygen atoms in total. The van der Waals surface area contributed by atoms with Crippen LogP contribution in [0.25, 0.3) is 0 Å². The average Bonchev–Trinajstić information content (AvgIpc) is 2.04. The van der Waals surface area contributed by atoms with Crippen LogP contribution in [0.1, 0.15) is 10.4 Å². The molecule has 0 aromatic heterocycles. The molecule has 0 aliphatic rings. The minimum absolute atomic E-state index is 0. The topological polar surface area (TPSA) is 43.1 Å². The van der Waals surface area contributed by atoms with Gasteiger partial charge in [-0.25, -0.2) is 0 Å². The van der Waals surface area contributed by atoms with E-state index in [1.165, 1.54) is 0 Å². The highest BCUT2D eigenvalue weighted by Crippen LogP contribution is 2.14. The smallest absolute Gasteiger partial charge is 0.177 e. The van der Waals surface area contributed by atoms with Crippen molar-refractivity contribution in [3.05, 3.63) is 34.9 Å². The zero-order valence-corrected chi connectivity index (χ0v) is 8.76. The standard InChI is InChI=1S/C8H8ClNO.BrH/c9-7-4-2-1-3-6(7)8(11)5-10;/h1-4H,5,10H2;1H. The molecule has 0 aliphatic heterocycles. The molecule has 1 rings (SSSR count). The van der Waals surface area contributed by atoms with Gasteiger partial charge in [-0.05, 0) is 12.1 Å². The second-order valence-corrected chi connectivity index (χ2v) is 2.51. The lowest BCUT2D eigenvalue weighted by molar-refractivity contribution is 0.100. The molecule has 0 saturated heterocycles. The molecule has 2 N–H and O–H groups in total. The van der Waals surface area contributed by atoms with Gasteiger partial charge in [-0.1, -0.05) is 23.7 Å². The van der Waals surface area contributed by atoms with Crippen LogP contribution < -0.4 is 5.73 Å². The van der Waals surface area contributed by atoms with Crippen LogP contribution in [0.4, 0.5) is 0 Å². The summed E-state index contributed by atoms with van der Waals surface area (Å²) in [5.74, 6) is -0.129. The van der Waals surface area contributed by atoms with E-state index < -0.39 is 0 Å². The van der Waals surface area contributed by atoms with Crippen molar-refractivity contribution < 1.29 is 4.79 Å². The van der Waals surface area contributed by atoms with Gasteiger partial charge in [0.25, 0.3) is 0 Å². The Balaban J connectivity index is 0.00000121. The highest BCUT2D eigenvalue weighted by atomic mass is 79.9. The molecule has 0 heterocycles. The normalized spacial score (nSPS) is 8.83. The van der Waals surface area contributed by atoms with Gasteiger partial charge >= 0.3 is 0 Å². The number of benzene rings is 1. The molecule has 12 heavy (non-hydrogen) atoms. The summed E-state index contributed by atoms with van der Waals surface area (Å²) < 4.78 is 0. The van der Waals surface area contributed by atoms with Gasteiger partial charge in [-0.3, -0.25) is 4.79 Å². The van der Waals surface area contributed by atoms with Crippen LogP contribution in [0.15, 0.2) is 24.3 Å². The number of ketones is 1. The van der Waals surface area contributed by atoms with Gasteiger partial charge in [-0.2, -0.15) is 0 Å². The molecule has 0 bridgehead atoms. The minimum atomic E-state index is -0.129. The number of hydrogen-bond acceptors (Lipinski definition) is 2. The summed E-state index contributed by atoms with van der Waals surface area (Å²) in [5, 5.41) is 0.461. The lowest BCUT2D eigenvalue weighted by atomic mass is 10.1. The Kier molecular flexibility index (Phi) is 5.13. The molecule has 0 radical (unpaired) electrons. The van der Waals surface area contributed by atoms with Crippen molar-refractivity contribution in [2.75, 3.05) is 6.54 Å². The number of hydrogen-bond donors (Lipinski definition) is 1. The van der Waals surface area contributed by atoms with Gasteiger partial charge in [-0.15, -0.1) is 17.0 Å². The highest BCUT2D eigenvalue weighted by molar-refractivity contribution is 8.93. The minimum Gasteiger partial charge on any atom is -0.324 e. The van der Waals surface area contributed by atoms with Crippen molar-refractivity contribution in [1.29, 1.82) is 0 Å². The van der Waals surface area contributed by atoms with Gasteiger partial charge in [0.1, 0.15) is 0 Å². The van der Waals surface area contributed by atoms with Crippen LogP contribution in [0, 0.1) is 0 Å². The highest BCUT2D eigenvalue weighted by Gasteiger charge is 2.05. The fourth-order valence-electron chi connectivity index (χ4n) is 0.797. The average molecular weight is 251 g/mol. The van der Waals surface area contributed by atoms with Crippen molar-refractivity contribution in [3.63, 3.8) is 0 Å². The van der Waals surface area contributed by atoms with Crippen LogP contribution in [0.5, 0.6) is 0 Å². The van der Waals surface area contributed by atoms with Crippen molar-refractivity contribution in [3.8, 4) is 0 Å². The molecule has 0 saturated carbocycles. The maximum absolute atomic E-state index is 11.0. The van der Waals surface area contributed by atoms with Gasteiger partial charge in [0.05, 0.1) is 11.6 Å². The Hall–Kier alpha value is -0.380. The van der Waals surface area contributed by atoms with Crippen LogP contribution in [0.3, 0.4) is 0 Å². The Morgan fingerprint density at radius 3 is 2.50 bits per heavy atom. The second-order valence-electron chi connectivity index (χ2n) is 2.11. The van der Waals surface area contributed by atoms with Crippen molar-refractivity contribution in [2.45, 2.75) is 0 Å². The summed E-state index contributed by atoms with van der Waals surface area (Å²) in [6.07, 6.45) is 0. The molecule has 0 fully saturated rings. The quantitative estimate of drug-likeness (QED) is 0.817. The number of rotatable bonds is 2. The Morgan fingerprint density at radius 2 is 2.00 bits per heavy atom. The fraction of sp³-hybridized carbons (Fsp3) is 0.125. The largest absolute Gasteiger partial charge is 0.324 e. The third-order valence-corrected chi connectivity index (χ3v) is 1.69. The maximum atomic E-state index is 11.0. The Labute approximate surface area is 86.5 Å². The first-order valence-corrected chi connectivity index (χ1v) is 3.61. The second kappa shape index (κ2) is 5.30. The summed E-state index contributed by atoms with van der Waals surface area (Å²) in [4.78, 5) is 11.0. The molecule has 66 valence electrons. The zero-order valence-electron chi connectivity index (χ0n) is 6.29. The fourth-order valence-corrected chi connectivity index (χ4v) is 1.04. The summed E-state index contributed by atoms with van der Waals surface area (Å²) in [6.45, 7) is 0.00370. The summed E-state index contributed by atoms with van der Waals surface area (Å²) in [5.41, 5.74) is 5.66. The van der Waals surface area contributed by atoms with Crippen LogP contribution in [-0.2, 0) is 0 Å². The molecule has 1 aromatic rings. The molecule has 0 aliphatic carbocycles. The van der Waals surface area contributed by atoms with E-state index in [-0.39, 0.29) is 29.3 Å². The van der Waals surface area contributed by atoms with E-state index in [1.54, 1.807) is 24.3 Å². The number of nitrogens with two attached hydrogens (primary N) is 1. The van der Waals surface area contributed by atoms with Gasteiger partial charge in [0.2, 0.25) is 0 Å². The van der Waals surface area contributed by atoms with E-state index in [0.29, 0.717) is 10.6 Å². The monoisotopic (exact) mass is 249 g/mol. The van der Waals surface area contributed by atoms with E-state index in [1.807, 2.05) is 0 Å². The van der Waals surface area contributed by atoms with E-state index in [2.05, 4.69) is 0 Å². The Morgan fingerprint density at radius 1 is 1.42 bits per heavy atom. The van der Waals surface area contributed by atoms with E-state index in [0.717, 1.165) is 0 Å². The predicted molar refractivity (Wildman–Crippen MR) is 55.2 cm³/mol. The van der Waals surface area contributed by atoms with E-state index in [9.17, 15) is 4.79 Å². The maximum Gasteiger partial charge on any atom is 0.177 e. The van der Waals surface area contributed by atoms with Crippen molar-refractivity contribution >= 4 is 34.4 Å². The number of carbonyl (C=O) groups excluding carboxylic acids is 1. The SMILES string of the molecule is Br.NCC(=O)c1ccccc1Cl. The first-order valence-electron chi connectivity index (χ1n) is 3.23. The molecule has 0 unspecified atom stereocenters. The molecular weight excluding hydrogens is 241 g/mol. The van der Waals surface area contributed by atoms with Gasteiger partial charge < -0.3 is 5.73 Å². The number of halogens is 2. The van der Waals surface area contributed by atoms with E-state index >= 15 is 0 Å². The summed E-state index contributed by atoms with van der Waals surface area (Å²) in [7, 11) is 0. The first kappa shape index (κ1) is 11.6. The number of Topliss-reactive ketones (excluding diaryl/α,β-unsaturated/α-hetero) is 1. The van der Waals surface area contributed by atoms with Gasteiger partial charge in [0, 0.05) is 5.56 Å². The lowest BCUT2D eigenvalue weighted by Gasteiger charge is -1.98. The van der Waals surface area contributed by atoms with Crippen molar-refractivity contribution in [1.82, 2.24) is 0 Å². The molecule has 4 heteroatoms. The van der Waals surface area contributed by atoms with Crippen molar-refractivity contribution in [2.24, 2.45) is 5.73 Å². The molecule has 1 aromatic carbocycles. The van der Waals surface area contributed by atoms with E-state index in [4.69, 9.17) is 17.3 Å². The predicted octanol–water partition coefficient (Wildman–Crippen LogP) is 2.06. The third-order valence-electron chi connectivity index (χ3n) is 1.36. The summed E-state index contributed by atoms with van der Waals surface area (Å²) in [6, 6.07) is 6.87. The van der Waals surface area contributed by atoms with Crippen LogP contribution >= 0.6 is 28.6 Å². The van der Waals surface area contributed by atoms with Crippen LogP contribution in [0.2, 0.25) is 5.02 Å². The number of carbonyl (C=O) groups is 1. The summed E-state index contributed by atoms with van der Waals surface area (Å²) >= 11 is 5.72. The van der Waals surface area contributed by atoms with Gasteiger partial charge in [0.15, 0.2) is 5.78 Å². The zero-order chi connectivity index (χ0) is 8.27. The molecule has 0 atom stereocenters. The lowest BCUT2D eigenvalue weighted by Crippen LogP contribution is -2.13. The first-order chi connectivity index (χ1) is 5.25. The Bertz CT molecular complexity index is 278. The molecular formula is C8H9BrClNO. The third kappa shape index (κ3) is 2.59. The van der Waals surface area contributed by atoms with Crippen LogP contribution in [-0.4, -0.2) is 12.3 Å².